The fourth-order valence-electron chi connectivity index (χ4n) is 5.01. The molecule has 4 nitrogen and oxygen atoms in total. The van der Waals surface area contributed by atoms with Crippen LogP contribution in [0, 0.1) is 11.7 Å². The van der Waals surface area contributed by atoms with Crippen LogP contribution in [-0.4, -0.2) is 42.5 Å². The number of rotatable bonds is 8. The summed E-state index contributed by atoms with van der Waals surface area (Å²) in [7, 11) is 1.60. The van der Waals surface area contributed by atoms with Crippen LogP contribution in [0.5, 0.6) is 5.75 Å². The number of benzene rings is 3. The lowest BCUT2D eigenvalue weighted by atomic mass is 9.88. The Labute approximate surface area is 214 Å². The first kappa shape index (κ1) is 26.7. The van der Waals surface area contributed by atoms with E-state index in [9.17, 15) is 22.4 Å². The lowest BCUT2D eigenvalue weighted by molar-refractivity contribution is -0.137. The molecule has 0 aromatic heterocycles. The van der Waals surface area contributed by atoms with Gasteiger partial charge in [-0.05, 0) is 52.9 Å². The predicted molar refractivity (Wildman–Crippen MR) is 133 cm³/mol. The number of ether oxygens (including phenoxy) is 1. The van der Waals surface area contributed by atoms with Crippen molar-refractivity contribution in [3.63, 3.8) is 0 Å². The Morgan fingerprint density at radius 1 is 1.00 bits per heavy atom. The number of carbonyl (C=O) groups is 1. The van der Waals surface area contributed by atoms with E-state index < -0.39 is 11.7 Å². The van der Waals surface area contributed by atoms with E-state index in [1.165, 1.54) is 31.2 Å². The molecule has 0 radical (unpaired) electrons. The Balaban J connectivity index is 1.55. The minimum Gasteiger partial charge on any atom is -0.497 e. The second kappa shape index (κ2) is 11.3. The molecule has 1 amide bonds. The van der Waals surface area contributed by atoms with Crippen molar-refractivity contribution in [2.45, 2.75) is 32.1 Å². The molecule has 2 atom stereocenters. The van der Waals surface area contributed by atoms with Crippen LogP contribution in [0.3, 0.4) is 0 Å². The number of hydrogen-bond acceptors (Lipinski definition) is 3. The second-order valence-electron chi connectivity index (χ2n) is 9.56. The van der Waals surface area contributed by atoms with Gasteiger partial charge in [0.15, 0.2) is 0 Å². The first-order chi connectivity index (χ1) is 17.6. The van der Waals surface area contributed by atoms with E-state index in [0.29, 0.717) is 38.3 Å². The van der Waals surface area contributed by atoms with Crippen LogP contribution in [0.2, 0.25) is 0 Å². The third-order valence-corrected chi connectivity index (χ3v) is 6.91. The molecule has 3 aromatic carbocycles. The molecular weight excluding hydrogens is 484 g/mol. The number of amides is 1. The predicted octanol–water partition coefficient (Wildman–Crippen LogP) is 6.12. The van der Waals surface area contributed by atoms with Crippen molar-refractivity contribution in [2.24, 2.45) is 5.92 Å². The van der Waals surface area contributed by atoms with Crippen LogP contribution in [0.1, 0.15) is 35.1 Å². The number of carbonyl (C=O) groups excluding carboxylic acids is 1. The molecule has 0 saturated carbocycles. The summed E-state index contributed by atoms with van der Waals surface area (Å²) < 4.78 is 58.3. The summed E-state index contributed by atoms with van der Waals surface area (Å²) in [6.07, 6.45) is -4.39. The third-order valence-electron chi connectivity index (χ3n) is 6.91. The molecule has 3 aromatic rings. The van der Waals surface area contributed by atoms with Gasteiger partial charge in [-0.15, -0.1) is 0 Å². The molecule has 0 unspecified atom stereocenters. The average molecular weight is 515 g/mol. The number of methoxy groups -OCH3 is 1. The van der Waals surface area contributed by atoms with E-state index in [0.717, 1.165) is 22.9 Å². The summed E-state index contributed by atoms with van der Waals surface area (Å²) in [4.78, 5) is 16.4. The fraction of sp³-hybridized carbons (Fsp3) is 0.345. The Morgan fingerprint density at radius 3 is 2.32 bits per heavy atom. The summed E-state index contributed by atoms with van der Waals surface area (Å²) in [5, 5.41) is 0. The molecule has 0 N–H and O–H groups in total. The highest BCUT2D eigenvalue weighted by atomic mass is 19.4. The topological polar surface area (TPSA) is 32.8 Å². The lowest BCUT2D eigenvalue weighted by Gasteiger charge is -2.28. The highest BCUT2D eigenvalue weighted by Gasteiger charge is 2.36. The largest absolute Gasteiger partial charge is 0.497 e. The molecule has 8 heteroatoms. The molecular formula is C29H30F4N2O2. The molecule has 1 saturated heterocycles. The van der Waals surface area contributed by atoms with E-state index in [1.54, 1.807) is 30.2 Å². The van der Waals surface area contributed by atoms with E-state index in [1.807, 2.05) is 24.3 Å². The lowest BCUT2D eigenvalue weighted by Crippen LogP contribution is -2.35. The van der Waals surface area contributed by atoms with Gasteiger partial charge in [-0.3, -0.25) is 9.69 Å². The monoisotopic (exact) mass is 514 g/mol. The van der Waals surface area contributed by atoms with Gasteiger partial charge in [0.25, 0.3) is 0 Å². The maximum Gasteiger partial charge on any atom is 0.416 e. The summed E-state index contributed by atoms with van der Waals surface area (Å²) in [6.45, 7) is 4.00. The van der Waals surface area contributed by atoms with Gasteiger partial charge < -0.3 is 9.64 Å². The van der Waals surface area contributed by atoms with Crippen molar-refractivity contribution in [3.8, 4) is 5.75 Å². The summed E-state index contributed by atoms with van der Waals surface area (Å²) in [5.41, 5.74) is 1.85. The Bertz CT molecular complexity index is 1200. The minimum atomic E-state index is -4.39. The molecule has 1 aliphatic heterocycles. The average Bonchev–Trinajstić information content (AvgIpc) is 3.26. The molecule has 37 heavy (non-hydrogen) atoms. The van der Waals surface area contributed by atoms with Gasteiger partial charge in [-0.25, -0.2) is 4.39 Å². The number of alkyl halides is 3. The van der Waals surface area contributed by atoms with Crippen LogP contribution < -0.4 is 4.74 Å². The smallest absolute Gasteiger partial charge is 0.416 e. The molecule has 1 aliphatic rings. The van der Waals surface area contributed by atoms with Gasteiger partial charge in [0.2, 0.25) is 5.91 Å². The normalized spacial score (nSPS) is 18.1. The van der Waals surface area contributed by atoms with E-state index in [4.69, 9.17) is 4.74 Å². The Kier molecular flexibility index (Phi) is 8.17. The molecule has 1 heterocycles. The van der Waals surface area contributed by atoms with Crippen molar-refractivity contribution >= 4 is 5.91 Å². The van der Waals surface area contributed by atoms with Gasteiger partial charge in [-0.1, -0.05) is 42.5 Å². The zero-order valence-corrected chi connectivity index (χ0v) is 20.8. The highest BCUT2D eigenvalue weighted by Crippen LogP contribution is 2.36. The first-order valence-corrected chi connectivity index (χ1v) is 12.1. The first-order valence-electron chi connectivity index (χ1n) is 12.1. The van der Waals surface area contributed by atoms with Gasteiger partial charge in [-0.2, -0.15) is 13.2 Å². The quantitative estimate of drug-likeness (QED) is 0.340. The Hall–Kier alpha value is -3.39. The van der Waals surface area contributed by atoms with E-state index in [-0.39, 0.29) is 23.6 Å². The van der Waals surface area contributed by atoms with E-state index in [2.05, 4.69) is 4.90 Å². The molecule has 0 bridgehead atoms. The number of hydrogen-bond donors (Lipinski definition) is 0. The van der Waals surface area contributed by atoms with Crippen LogP contribution in [0.25, 0.3) is 0 Å². The minimum absolute atomic E-state index is 0.0588. The van der Waals surface area contributed by atoms with Crippen molar-refractivity contribution < 1.29 is 27.1 Å². The maximum atomic E-state index is 13.4. The summed E-state index contributed by atoms with van der Waals surface area (Å²) in [5.74, 6) is 0.448. The Morgan fingerprint density at radius 2 is 1.70 bits per heavy atom. The zero-order valence-electron chi connectivity index (χ0n) is 20.8. The SMILES string of the molecule is COc1ccc([C@@H]2CN(Cc3cccc(C(F)(F)F)c3)C[C@H]2CN(Cc2ccc(F)cc2)C(C)=O)cc1. The number of halogens is 4. The van der Waals surface area contributed by atoms with Gasteiger partial charge in [0.05, 0.1) is 12.7 Å². The van der Waals surface area contributed by atoms with Crippen molar-refractivity contribution in [1.82, 2.24) is 9.80 Å². The second-order valence-corrected chi connectivity index (χ2v) is 9.56. The van der Waals surface area contributed by atoms with Crippen LogP contribution >= 0.6 is 0 Å². The number of likely N-dealkylation sites (tertiary alicyclic amines) is 1. The highest BCUT2D eigenvalue weighted by molar-refractivity contribution is 5.73. The van der Waals surface area contributed by atoms with Crippen molar-refractivity contribution in [3.05, 3.63) is 101 Å². The van der Waals surface area contributed by atoms with Crippen LogP contribution in [-0.2, 0) is 24.1 Å². The van der Waals surface area contributed by atoms with Gasteiger partial charge >= 0.3 is 6.18 Å². The van der Waals surface area contributed by atoms with Crippen LogP contribution in [0.4, 0.5) is 17.6 Å². The van der Waals surface area contributed by atoms with Crippen LogP contribution in [0.15, 0.2) is 72.8 Å². The van der Waals surface area contributed by atoms with Gasteiger partial charge in [0.1, 0.15) is 11.6 Å². The standard InChI is InChI=1S/C29H30F4N2O2/c1-20(36)35(16-21-6-10-26(30)11-7-21)18-24-17-34(15-22-4-3-5-25(14-22)29(31,32)33)19-28(24)23-8-12-27(37-2)13-9-23/h3-14,24,28H,15-19H2,1-2H3/t24-,28-/m0/s1. The maximum absolute atomic E-state index is 13.4. The fourth-order valence-corrected chi connectivity index (χ4v) is 5.01. The molecule has 1 fully saturated rings. The van der Waals surface area contributed by atoms with Gasteiger partial charge in [0, 0.05) is 45.6 Å². The molecule has 0 spiro atoms. The summed E-state index contributed by atoms with van der Waals surface area (Å²) >= 11 is 0. The number of nitrogens with zero attached hydrogens (tertiary/aromatic N) is 2. The molecule has 4 rings (SSSR count). The summed E-state index contributed by atoms with van der Waals surface area (Å²) in [6, 6.07) is 19.3. The zero-order chi connectivity index (χ0) is 26.6. The van der Waals surface area contributed by atoms with Crippen molar-refractivity contribution in [1.29, 1.82) is 0 Å². The molecule has 196 valence electrons. The van der Waals surface area contributed by atoms with E-state index >= 15 is 0 Å². The third kappa shape index (κ3) is 6.89. The molecule has 0 aliphatic carbocycles. The van der Waals surface area contributed by atoms with Crippen molar-refractivity contribution in [2.75, 3.05) is 26.7 Å².